The van der Waals surface area contributed by atoms with E-state index < -0.39 is 26.3 Å². The van der Waals surface area contributed by atoms with Crippen LogP contribution in [-0.4, -0.2) is 24.8 Å². The maximum Gasteiger partial charge on any atom is 0.246 e. The molecular weight excluding hydrogens is 303 g/mol. The zero-order valence-electron chi connectivity index (χ0n) is 11.7. The minimum atomic E-state index is -4.07. The number of nitrogens with zero attached hydrogens (tertiary/aromatic N) is 1. The van der Waals surface area contributed by atoms with E-state index in [-0.39, 0.29) is 17.3 Å². The van der Waals surface area contributed by atoms with E-state index in [4.69, 9.17) is 17.3 Å². The summed E-state index contributed by atoms with van der Waals surface area (Å²) in [7, 11) is -4.07. The largest absolute Gasteiger partial charge is 0.399 e. The third kappa shape index (κ3) is 3.31. The third-order valence-electron chi connectivity index (χ3n) is 2.63. The molecule has 4 nitrogen and oxygen atoms in total. The van der Waals surface area contributed by atoms with Crippen LogP contribution in [0.3, 0.4) is 0 Å². The first-order chi connectivity index (χ1) is 9.01. The van der Waals surface area contributed by atoms with Gasteiger partial charge in [-0.2, -0.15) is 4.31 Å². The lowest BCUT2D eigenvalue weighted by atomic mass is 10.1. The Morgan fingerprint density at radius 2 is 2.00 bits per heavy atom. The number of sulfonamides is 1. The summed E-state index contributed by atoms with van der Waals surface area (Å²) in [5, 5.41) is -0.323. The van der Waals surface area contributed by atoms with Crippen LogP contribution in [0.5, 0.6) is 0 Å². The number of anilines is 1. The molecule has 0 aliphatic heterocycles. The lowest BCUT2D eigenvalue weighted by molar-refractivity contribution is 0.269. The van der Waals surface area contributed by atoms with E-state index in [1.807, 2.05) is 0 Å². The minimum absolute atomic E-state index is 0.0533. The number of hydrogen-bond acceptors (Lipinski definition) is 3. The molecule has 0 fully saturated rings. The summed E-state index contributed by atoms with van der Waals surface area (Å²) in [6.07, 6.45) is 1.44. The van der Waals surface area contributed by atoms with Crippen LogP contribution in [0.2, 0.25) is 5.02 Å². The van der Waals surface area contributed by atoms with Crippen LogP contribution in [0.1, 0.15) is 20.8 Å². The Morgan fingerprint density at radius 3 is 2.45 bits per heavy atom. The SMILES string of the molecule is C=CCN(C(C)(C)C)S(=O)(=O)c1cc(N)cc(Cl)c1F. The molecule has 1 aromatic carbocycles. The van der Waals surface area contributed by atoms with E-state index in [0.29, 0.717) is 0 Å². The summed E-state index contributed by atoms with van der Waals surface area (Å²) < 4.78 is 40.4. The fourth-order valence-electron chi connectivity index (χ4n) is 1.74. The van der Waals surface area contributed by atoms with Crippen molar-refractivity contribution in [2.24, 2.45) is 0 Å². The van der Waals surface area contributed by atoms with Gasteiger partial charge in [0, 0.05) is 17.8 Å². The Morgan fingerprint density at radius 1 is 1.45 bits per heavy atom. The number of halogens is 2. The minimum Gasteiger partial charge on any atom is -0.399 e. The highest BCUT2D eigenvalue weighted by molar-refractivity contribution is 7.89. The number of hydrogen-bond donors (Lipinski definition) is 1. The van der Waals surface area contributed by atoms with Gasteiger partial charge in [-0.15, -0.1) is 6.58 Å². The maximum atomic E-state index is 14.0. The predicted molar refractivity (Wildman–Crippen MR) is 79.7 cm³/mol. The van der Waals surface area contributed by atoms with Gasteiger partial charge in [0.2, 0.25) is 10.0 Å². The summed E-state index contributed by atoms with van der Waals surface area (Å²) in [6.45, 7) is 8.71. The van der Waals surface area contributed by atoms with Gasteiger partial charge in [-0.05, 0) is 32.9 Å². The lowest BCUT2D eigenvalue weighted by Crippen LogP contribution is -2.45. The second-order valence-corrected chi connectivity index (χ2v) is 7.55. The highest BCUT2D eigenvalue weighted by Gasteiger charge is 2.35. The Hall–Kier alpha value is -1.11. The van der Waals surface area contributed by atoms with E-state index in [9.17, 15) is 12.8 Å². The Kier molecular flexibility index (Phi) is 4.84. The molecule has 0 bridgehead atoms. The summed E-state index contributed by atoms with van der Waals surface area (Å²) in [5.74, 6) is -1.00. The molecule has 0 aromatic heterocycles. The van der Waals surface area contributed by atoms with Crippen molar-refractivity contribution in [3.63, 3.8) is 0 Å². The molecule has 0 saturated heterocycles. The molecule has 0 saturated carbocycles. The zero-order valence-corrected chi connectivity index (χ0v) is 13.2. The van der Waals surface area contributed by atoms with Crippen LogP contribution in [0.25, 0.3) is 0 Å². The molecule has 0 aliphatic carbocycles. The first kappa shape index (κ1) is 16.9. The maximum absolute atomic E-state index is 14.0. The molecule has 7 heteroatoms. The van der Waals surface area contributed by atoms with Crippen molar-refractivity contribution in [2.45, 2.75) is 31.2 Å². The molecule has 1 rings (SSSR count). The molecule has 0 unspecified atom stereocenters. The van der Waals surface area contributed by atoms with E-state index in [1.165, 1.54) is 12.1 Å². The first-order valence-electron chi connectivity index (χ1n) is 5.90. The third-order valence-corrected chi connectivity index (χ3v) is 5.03. The lowest BCUT2D eigenvalue weighted by Gasteiger charge is -2.33. The summed E-state index contributed by atoms with van der Waals surface area (Å²) in [6, 6.07) is 2.24. The molecular formula is C13H18ClFN2O2S. The van der Waals surface area contributed by atoms with E-state index in [1.54, 1.807) is 20.8 Å². The average molecular weight is 321 g/mol. The van der Waals surface area contributed by atoms with E-state index >= 15 is 0 Å². The molecule has 1 aromatic rings. The van der Waals surface area contributed by atoms with Crippen molar-refractivity contribution in [1.82, 2.24) is 4.31 Å². The van der Waals surface area contributed by atoms with Crippen LogP contribution in [0.4, 0.5) is 10.1 Å². The molecule has 112 valence electrons. The normalized spacial score (nSPS) is 12.7. The summed E-state index contributed by atoms with van der Waals surface area (Å²) >= 11 is 5.66. The van der Waals surface area contributed by atoms with Gasteiger partial charge in [-0.25, -0.2) is 12.8 Å². The molecule has 0 atom stereocenters. The topological polar surface area (TPSA) is 63.4 Å². The Labute approximate surface area is 124 Å². The summed E-state index contributed by atoms with van der Waals surface area (Å²) in [5.41, 5.74) is 4.90. The van der Waals surface area contributed by atoms with Crippen molar-refractivity contribution < 1.29 is 12.8 Å². The van der Waals surface area contributed by atoms with Gasteiger partial charge in [0.1, 0.15) is 4.90 Å². The van der Waals surface area contributed by atoms with Crippen LogP contribution >= 0.6 is 11.6 Å². The van der Waals surface area contributed by atoms with Crippen molar-refractivity contribution in [1.29, 1.82) is 0 Å². The smallest absolute Gasteiger partial charge is 0.246 e. The molecule has 0 heterocycles. The number of nitrogens with two attached hydrogens (primary N) is 1. The Bertz CT molecular complexity index is 624. The number of nitrogen functional groups attached to an aromatic ring is 1. The highest BCUT2D eigenvalue weighted by atomic mass is 35.5. The van der Waals surface area contributed by atoms with Crippen LogP contribution < -0.4 is 5.73 Å². The standard InChI is InChI=1S/C13H18ClFN2O2S/c1-5-6-17(13(2,3)4)20(18,19)11-8-9(16)7-10(14)12(11)15/h5,7-8H,1,6,16H2,2-4H3. The second kappa shape index (κ2) is 5.71. The predicted octanol–water partition coefficient (Wildman–Crippen LogP) is 3.04. The van der Waals surface area contributed by atoms with Crippen LogP contribution in [-0.2, 0) is 10.0 Å². The van der Waals surface area contributed by atoms with Gasteiger partial charge >= 0.3 is 0 Å². The summed E-state index contributed by atoms with van der Waals surface area (Å²) in [4.78, 5) is -0.528. The van der Waals surface area contributed by atoms with Crippen LogP contribution in [0.15, 0.2) is 29.7 Å². The molecule has 0 aliphatic rings. The Balaban J connectivity index is 3.53. The van der Waals surface area contributed by atoms with E-state index in [0.717, 1.165) is 10.4 Å². The van der Waals surface area contributed by atoms with Crippen LogP contribution in [0, 0.1) is 5.82 Å². The zero-order chi connectivity index (χ0) is 15.7. The molecule has 0 amide bonds. The van der Waals surface area contributed by atoms with Crippen molar-refractivity contribution in [3.8, 4) is 0 Å². The van der Waals surface area contributed by atoms with Crippen molar-refractivity contribution in [3.05, 3.63) is 35.6 Å². The van der Waals surface area contributed by atoms with Crippen molar-refractivity contribution >= 4 is 27.3 Å². The van der Waals surface area contributed by atoms with Gasteiger partial charge in [-0.1, -0.05) is 17.7 Å². The second-order valence-electron chi connectivity index (χ2n) is 5.31. The van der Waals surface area contributed by atoms with Gasteiger partial charge in [0.25, 0.3) is 0 Å². The fourth-order valence-corrected chi connectivity index (χ4v) is 3.91. The molecule has 0 spiro atoms. The molecule has 2 N–H and O–H groups in total. The molecule has 20 heavy (non-hydrogen) atoms. The van der Waals surface area contributed by atoms with Gasteiger partial charge in [0.05, 0.1) is 5.02 Å². The number of rotatable bonds is 4. The monoisotopic (exact) mass is 320 g/mol. The number of benzene rings is 1. The first-order valence-corrected chi connectivity index (χ1v) is 7.72. The molecule has 0 radical (unpaired) electrons. The highest BCUT2D eigenvalue weighted by Crippen LogP contribution is 2.31. The van der Waals surface area contributed by atoms with Gasteiger partial charge in [0.15, 0.2) is 5.82 Å². The van der Waals surface area contributed by atoms with Gasteiger partial charge < -0.3 is 5.73 Å². The average Bonchev–Trinajstić information content (AvgIpc) is 2.28. The van der Waals surface area contributed by atoms with E-state index in [2.05, 4.69) is 6.58 Å². The fraction of sp³-hybridized carbons (Fsp3) is 0.385. The van der Waals surface area contributed by atoms with Crippen molar-refractivity contribution in [2.75, 3.05) is 12.3 Å². The quantitative estimate of drug-likeness (QED) is 0.685. The van der Waals surface area contributed by atoms with Gasteiger partial charge in [-0.3, -0.25) is 0 Å².